The first kappa shape index (κ1) is 22.7. The second kappa shape index (κ2) is 10.4. The Balaban J connectivity index is 1.42. The van der Waals surface area contributed by atoms with Crippen molar-refractivity contribution < 1.29 is 17.9 Å². The van der Waals surface area contributed by atoms with E-state index in [9.17, 15) is 13.2 Å². The van der Waals surface area contributed by atoms with Gasteiger partial charge in [0.2, 0.25) is 6.86 Å². The van der Waals surface area contributed by atoms with Crippen LogP contribution in [0.4, 0.5) is 13.2 Å². The van der Waals surface area contributed by atoms with Gasteiger partial charge < -0.3 is 4.74 Å². The standard InChI is InChI=1S/C28H31F3O/c1-2-3-19-4-6-20(7-5-19)21-8-10-22(11-9-21)23-12-14-25(26(30)16-23)24-13-15-28(32-18-29)27(31)17-24/h2-3,10,12-17,19-21H,4-9,11,18H2,1H3/b3-2+. The molecular weight excluding hydrogens is 409 g/mol. The SMILES string of the molecule is C/C=C/C1CCC(C2CC=C(c3ccc(-c4ccc(OCF)c(F)c4)c(F)c3)CC2)CC1. The van der Waals surface area contributed by atoms with Gasteiger partial charge in [-0.3, -0.25) is 0 Å². The molecule has 2 aromatic carbocycles. The van der Waals surface area contributed by atoms with Crippen LogP contribution in [0.5, 0.6) is 5.75 Å². The van der Waals surface area contributed by atoms with Crippen molar-refractivity contribution in [2.45, 2.75) is 51.9 Å². The van der Waals surface area contributed by atoms with Crippen molar-refractivity contribution in [3.8, 4) is 16.9 Å². The molecule has 32 heavy (non-hydrogen) atoms. The van der Waals surface area contributed by atoms with E-state index in [-0.39, 0.29) is 11.6 Å². The molecule has 2 aromatic rings. The van der Waals surface area contributed by atoms with Crippen LogP contribution >= 0.6 is 0 Å². The summed E-state index contributed by atoms with van der Waals surface area (Å²) in [5.74, 6) is 1.05. The minimum atomic E-state index is -1.10. The average Bonchev–Trinajstić information content (AvgIpc) is 2.81. The summed E-state index contributed by atoms with van der Waals surface area (Å²) >= 11 is 0. The largest absolute Gasteiger partial charge is 0.460 e. The number of allylic oxidation sites excluding steroid dienone is 4. The van der Waals surface area contributed by atoms with Crippen LogP contribution in [0.3, 0.4) is 0 Å². The number of halogens is 3. The molecule has 0 aromatic heterocycles. The molecule has 0 spiro atoms. The second-order valence-corrected chi connectivity index (χ2v) is 9.06. The van der Waals surface area contributed by atoms with E-state index in [1.54, 1.807) is 18.2 Å². The van der Waals surface area contributed by atoms with Crippen LogP contribution in [0.2, 0.25) is 0 Å². The minimum absolute atomic E-state index is 0.175. The predicted molar refractivity (Wildman–Crippen MR) is 124 cm³/mol. The highest BCUT2D eigenvalue weighted by Crippen LogP contribution is 2.42. The van der Waals surface area contributed by atoms with Crippen LogP contribution in [0.1, 0.15) is 57.4 Å². The Morgan fingerprint density at radius 2 is 1.66 bits per heavy atom. The third kappa shape index (κ3) is 5.11. The van der Waals surface area contributed by atoms with Gasteiger partial charge in [-0.25, -0.2) is 13.2 Å². The van der Waals surface area contributed by atoms with E-state index in [0.717, 1.165) is 42.6 Å². The molecule has 1 fully saturated rings. The number of benzene rings is 2. The lowest BCUT2D eigenvalue weighted by molar-refractivity contribution is 0.184. The van der Waals surface area contributed by atoms with Crippen LogP contribution < -0.4 is 4.74 Å². The van der Waals surface area contributed by atoms with Crippen LogP contribution in [0.25, 0.3) is 16.7 Å². The lowest BCUT2D eigenvalue weighted by Gasteiger charge is -2.34. The Morgan fingerprint density at radius 1 is 0.906 bits per heavy atom. The quantitative estimate of drug-likeness (QED) is 0.409. The van der Waals surface area contributed by atoms with Crippen molar-refractivity contribution in [3.05, 3.63) is 71.8 Å². The van der Waals surface area contributed by atoms with Gasteiger partial charge in [0, 0.05) is 5.56 Å². The lowest BCUT2D eigenvalue weighted by Crippen LogP contribution is -2.22. The zero-order valence-corrected chi connectivity index (χ0v) is 18.6. The number of rotatable bonds is 6. The maximum Gasteiger partial charge on any atom is 0.228 e. The molecule has 0 aliphatic heterocycles. The van der Waals surface area contributed by atoms with Gasteiger partial charge in [0.1, 0.15) is 5.82 Å². The van der Waals surface area contributed by atoms with E-state index in [4.69, 9.17) is 0 Å². The molecular formula is C28H31F3O. The van der Waals surface area contributed by atoms with Crippen LogP contribution in [-0.2, 0) is 0 Å². The Hall–Kier alpha value is -2.49. The molecule has 1 atom stereocenters. The summed E-state index contributed by atoms with van der Waals surface area (Å²) in [6, 6.07) is 9.21. The van der Waals surface area contributed by atoms with Crippen molar-refractivity contribution in [3.63, 3.8) is 0 Å². The summed E-state index contributed by atoms with van der Waals surface area (Å²) in [5, 5.41) is 0. The third-order valence-electron chi connectivity index (χ3n) is 7.19. The van der Waals surface area contributed by atoms with E-state index < -0.39 is 12.7 Å². The fourth-order valence-corrected chi connectivity index (χ4v) is 5.42. The van der Waals surface area contributed by atoms with Gasteiger partial charge in [-0.1, -0.05) is 36.4 Å². The fourth-order valence-electron chi connectivity index (χ4n) is 5.42. The van der Waals surface area contributed by atoms with Crippen LogP contribution in [-0.4, -0.2) is 6.86 Å². The van der Waals surface area contributed by atoms with E-state index >= 15 is 0 Å². The first-order chi connectivity index (χ1) is 15.6. The Bertz CT molecular complexity index is 986. The van der Waals surface area contributed by atoms with Gasteiger partial charge in [0.25, 0.3) is 0 Å². The highest BCUT2D eigenvalue weighted by molar-refractivity contribution is 5.71. The Kier molecular flexibility index (Phi) is 7.39. The zero-order valence-electron chi connectivity index (χ0n) is 18.6. The number of ether oxygens (including phenoxy) is 1. The molecule has 0 radical (unpaired) electrons. The van der Waals surface area contributed by atoms with E-state index in [1.165, 1.54) is 43.4 Å². The van der Waals surface area contributed by atoms with Gasteiger partial charge in [-0.05, 0) is 105 Å². The van der Waals surface area contributed by atoms with Crippen LogP contribution in [0, 0.1) is 29.4 Å². The normalized spacial score (nSPS) is 23.9. The van der Waals surface area contributed by atoms with Gasteiger partial charge in [0.05, 0.1) is 0 Å². The number of hydrogen-bond donors (Lipinski definition) is 0. The molecule has 0 N–H and O–H groups in total. The summed E-state index contributed by atoms with van der Waals surface area (Å²) in [5.41, 5.74) is 2.84. The molecule has 2 aliphatic rings. The van der Waals surface area contributed by atoms with Gasteiger partial charge in [-0.2, -0.15) is 0 Å². The molecule has 1 unspecified atom stereocenters. The monoisotopic (exact) mass is 440 g/mol. The fraction of sp³-hybridized carbons (Fsp3) is 0.429. The third-order valence-corrected chi connectivity index (χ3v) is 7.19. The van der Waals surface area contributed by atoms with Crippen molar-refractivity contribution in [1.29, 1.82) is 0 Å². The van der Waals surface area contributed by atoms with Crippen molar-refractivity contribution in [1.82, 2.24) is 0 Å². The maximum absolute atomic E-state index is 14.9. The topological polar surface area (TPSA) is 9.23 Å². The maximum atomic E-state index is 14.9. The Morgan fingerprint density at radius 3 is 2.28 bits per heavy atom. The molecule has 0 heterocycles. The molecule has 4 heteroatoms. The Labute approximate surface area is 189 Å². The molecule has 1 saturated carbocycles. The molecule has 0 amide bonds. The van der Waals surface area contributed by atoms with Gasteiger partial charge in [0.15, 0.2) is 11.6 Å². The molecule has 4 rings (SSSR count). The molecule has 0 bridgehead atoms. The molecule has 170 valence electrons. The summed E-state index contributed by atoms with van der Waals surface area (Å²) in [7, 11) is 0. The zero-order chi connectivity index (χ0) is 22.5. The van der Waals surface area contributed by atoms with E-state index in [1.807, 2.05) is 6.07 Å². The highest BCUT2D eigenvalue weighted by atomic mass is 19.1. The number of hydrogen-bond acceptors (Lipinski definition) is 1. The first-order valence-electron chi connectivity index (χ1n) is 11.7. The highest BCUT2D eigenvalue weighted by Gasteiger charge is 2.28. The summed E-state index contributed by atoms with van der Waals surface area (Å²) in [6.07, 6.45) is 15.3. The van der Waals surface area contributed by atoms with Crippen molar-refractivity contribution in [2.24, 2.45) is 17.8 Å². The smallest absolute Gasteiger partial charge is 0.228 e. The molecule has 2 aliphatic carbocycles. The molecule has 0 saturated heterocycles. The lowest BCUT2D eigenvalue weighted by atomic mass is 9.71. The first-order valence-corrected chi connectivity index (χ1v) is 11.7. The van der Waals surface area contributed by atoms with Gasteiger partial charge in [-0.15, -0.1) is 0 Å². The van der Waals surface area contributed by atoms with Gasteiger partial charge >= 0.3 is 0 Å². The van der Waals surface area contributed by atoms with E-state index in [0.29, 0.717) is 11.1 Å². The summed E-state index contributed by atoms with van der Waals surface area (Å²) in [4.78, 5) is 0. The summed E-state index contributed by atoms with van der Waals surface area (Å²) in [6.45, 7) is 1.000. The van der Waals surface area contributed by atoms with Crippen molar-refractivity contribution >= 4 is 5.57 Å². The average molecular weight is 441 g/mol. The molecule has 1 nitrogen and oxygen atoms in total. The predicted octanol–water partition coefficient (Wildman–Crippen LogP) is 8.50. The van der Waals surface area contributed by atoms with E-state index in [2.05, 4.69) is 29.9 Å². The number of alkyl halides is 1. The van der Waals surface area contributed by atoms with Crippen LogP contribution in [0.15, 0.2) is 54.6 Å². The second-order valence-electron chi connectivity index (χ2n) is 9.06. The summed E-state index contributed by atoms with van der Waals surface area (Å²) < 4.78 is 45.8. The van der Waals surface area contributed by atoms with Crippen molar-refractivity contribution in [2.75, 3.05) is 6.86 Å². The minimum Gasteiger partial charge on any atom is -0.460 e.